The van der Waals surface area contributed by atoms with Gasteiger partial charge in [-0.05, 0) is 66.5 Å². The van der Waals surface area contributed by atoms with Crippen molar-refractivity contribution in [3.05, 3.63) is 22.4 Å². The maximum absolute atomic E-state index is 5.98. The van der Waals surface area contributed by atoms with Gasteiger partial charge in [-0.15, -0.1) is 0 Å². The van der Waals surface area contributed by atoms with E-state index >= 15 is 0 Å². The molecule has 2 aliphatic rings. The van der Waals surface area contributed by atoms with E-state index in [1.807, 2.05) is 11.3 Å². The maximum Gasteiger partial charge on any atom is 0.0245 e. The number of thiophene rings is 1. The molecule has 2 aliphatic carbocycles. The predicted molar refractivity (Wildman–Crippen MR) is 82.3 cm³/mol. The van der Waals surface area contributed by atoms with Crippen molar-refractivity contribution in [1.82, 2.24) is 4.90 Å². The van der Waals surface area contributed by atoms with E-state index in [9.17, 15) is 0 Å². The monoisotopic (exact) mass is 278 g/mol. The van der Waals surface area contributed by atoms with Crippen LogP contribution in [0.15, 0.2) is 16.8 Å². The molecular formula is C16H26N2S. The van der Waals surface area contributed by atoms with Gasteiger partial charge < -0.3 is 5.73 Å². The molecule has 2 nitrogen and oxygen atoms in total. The first-order valence-corrected chi connectivity index (χ1v) is 8.76. The molecule has 1 aromatic heterocycles. The maximum atomic E-state index is 5.98. The van der Waals surface area contributed by atoms with Gasteiger partial charge in [-0.25, -0.2) is 0 Å². The Balaban J connectivity index is 1.60. The average Bonchev–Trinajstić information content (AvgIpc) is 3.17. The van der Waals surface area contributed by atoms with Gasteiger partial charge in [0.25, 0.3) is 0 Å². The van der Waals surface area contributed by atoms with E-state index in [1.54, 1.807) is 0 Å². The Labute approximate surface area is 121 Å². The molecule has 0 radical (unpaired) electrons. The second-order valence-electron chi connectivity index (χ2n) is 6.33. The van der Waals surface area contributed by atoms with Crippen molar-refractivity contribution in [3.63, 3.8) is 0 Å². The summed E-state index contributed by atoms with van der Waals surface area (Å²) in [5.41, 5.74) is 7.48. The molecule has 1 aromatic rings. The molecule has 106 valence electrons. The minimum Gasteiger partial charge on any atom is -0.330 e. The normalized spacial score (nSPS) is 27.9. The number of nitrogens with two attached hydrogens (primary N) is 1. The topological polar surface area (TPSA) is 29.3 Å². The fraction of sp³-hybridized carbons (Fsp3) is 0.750. The molecule has 0 aliphatic heterocycles. The van der Waals surface area contributed by atoms with Crippen LogP contribution in [-0.4, -0.2) is 24.0 Å². The Morgan fingerprint density at radius 2 is 1.95 bits per heavy atom. The van der Waals surface area contributed by atoms with Gasteiger partial charge in [-0.3, -0.25) is 4.90 Å². The number of nitrogens with zero attached hydrogens (tertiary/aromatic N) is 1. The van der Waals surface area contributed by atoms with Crippen LogP contribution in [0.5, 0.6) is 0 Å². The lowest BCUT2D eigenvalue weighted by Gasteiger charge is -2.35. The molecule has 0 saturated heterocycles. The van der Waals surface area contributed by atoms with Crippen LogP contribution in [0.4, 0.5) is 0 Å². The van der Waals surface area contributed by atoms with Gasteiger partial charge >= 0.3 is 0 Å². The molecule has 2 fully saturated rings. The summed E-state index contributed by atoms with van der Waals surface area (Å²) in [6.45, 7) is 3.33. The number of rotatable bonds is 6. The molecule has 1 heterocycles. The van der Waals surface area contributed by atoms with Crippen molar-refractivity contribution in [2.24, 2.45) is 17.6 Å². The fourth-order valence-electron chi connectivity index (χ4n) is 3.54. The minimum atomic E-state index is 0.775. The van der Waals surface area contributed by atoms with Crippen LogP contribution in [-0.2, 0) is 6.54 Å². The Hall–Kier alpha value is -0.380. The zero-order chi connectivity index (χ0) is 13.1. The van der Waals surface area contributed by atoms with Gasteiger partial charge in [0.15, 0.2) is 0 Å². The molecule has 3 heteroatoms. The van der Waals surface area contributed by atoms with Gasteiger partial charge in [0.05, 0.1) is 0 Å². The highest BCUT2D eigenvalue weighted by molar-refractivity contribution is 7.07. The van der Waals surface area contributed by atoms with E-state index < -0.39 is 0 Å². The quantitative estimate of drug-likeness (QED) is 0.863. The summed E-state index contributed by atoms with van der Waals surface area (Å²) in [5.74, 6) is 1.62. The van der Waals surface area contributed by atoms with E-state index in [1.165, 1.54) is 50.6 Å². The Morgan fingerprint density at radius 1 is 1.16 bits per heavy atom. The summed E-state index contributed by atoms with van der Waals surface area (Å²) in [6.07, 6.45) is 8.38. The van der Waals surface area contributed by atoms with Crippen LogP contribution in [0.2, 0.25) is 0 Å². The molecule has 2 unspecified atom stereocenters. The van der Waals surface area contributed by atoms with Gasteiger partial charge in [-0.1, -0.05) is 12.8 Å². The second kappa shape index (κ2) is 6.38. The summed E-state index contributed by atoms with van der Waals surface area (Å²) in [5, 5.41) is 4.50. The van der Waals surface area contributed by atoms with Crippen molar-refractivity contribution in [2.75, 3.05) is 13.1 Å². The zero-order valence-electron chi connectivity index (χ0n) is 11.8. The summed E-state index contributed by atoms with van der Waals surface area (Å²) < 4.78 is 0. The van der Waals surface area contributed by atoms with Crippen LogP contribution >= 0.6 is 11.3 Å². The third-order valence-corrected chi connectivity index (χ3v) is 5.60. The highest BCUT2D eigenvalue weighted by Gasteiger charge is 2.33. The predicted octanol–water partition coefficient (Wildman–Crippen LogP) is 3.48. The SMILES string of the molecule is NCC1CCCCC1CN(Cc1ccsc1)C1CC1. The van der Waals surface area contributed by atoms with E-state index in [2.05, 4.69) is 21.7 Å². The minimum absolute atomic E-state index is 0.775. The lowest BCUT2D eigenvalue weighted by molar-refractivity contribution is 0.143. The lowest BCUT2D eigenvalue weighted by Crippen LogP contribution is -2.37. The van der Waals surface area contributed by atoms with Gasteiger partial charge in [0.1, 0.15) is 0 Å². The largest absolute Gasteiger partial charge is 0.330 e. The molecule has 0 spiro atoms. The van der Waals surface area contributed by atoms with Crippen molar-refractivity contribution in [3.8, 4) is 0 Å². The Kier molecular flexibility index (Phi) is 4.57. The van der Waals surface area contributed by atoms with E-state index in [0.29, 0.717) is 0 Å². The van der Waals surface area contributed by atoms with Gasteiger partial charge in [0, 0.05) is 19.1 Å². The third-order valence-electron chi connectivity index (χ3n) is 4.87. The van der Waals surface area contributed by atoms with Crippen LogP contribution in [0.3, 0.4) is 0 Å². The second-order valence-corrected chi connectivity index (χ2v) is 7.11. The third kappa shape index (κ3) is 3.59. The Bertz CT molecular complexity index is 372. The summed E-state index contributed by atoms with van der Waals surface area (Å²) >= 11 is 1.82. The number of hydrogen-bond donors (Lipinski definition) is 1. The standard InChI is InChI=1S/C16H26N2S/c17-9-14-3-1-2-4-15(14)11-18(16-5-6-16)10-13-7-8-19-12-13/h7-8,12,14-16H,1-6,9-11,17H2. The van der Waals surface area contributed by atoms with Crippen LogP contribution < -0.4 is 5.73 Å². The van der Waals surface area contributed by atoms with Crippen molar-refractivity contribution >= 4 is 11.3 Å². The first kappa shape index (κ1) is 13.6. The molecule has 2 atom stereocenters. The van der Waals surface area contributed by atoms with Gasteiger partial charge in [-0.2, -0.15) is 11.3 Å². The molecule has 3 rings (SSSR count). The van der Waals surface area contributed by atoms with Crippen molar-refractivity contribution in [1.29, 1.82) is 0 Å². The average molecular weight is 278 g/mol. The molecule has 2 saturated carbocycles. The fourth-order valence-corrected chi connectivity index (χ4v) is 4.20. The van der Waals surface area contributed by atoms with Crippen LogP contribution in [0.25, 0.3) is 0 Å². The smallest absolute Gasteiger partial charge is 0.0245 e. The molecule has 0 amide bonds. The van der Waals surface area contributed by atoms with Crippen LogP contribution in [0.1, 0.15) is 44.1 Å². The molecule has 19 heavy (non-hydrogen) atoms. The highest BCUT2D eigenvalue weighted by Crippen LogP contribution is 2.34. The molecule has 0 bridgehead atoms. The molecule has 0 aromatic carbocycles. The van der Waals surface area contributed by atoms with Crippen molar-refractivity contribution in [2.45, 2.75) is 51.1 Å². The summed E-state index contributed by atoms with van der Waals surface area (Å²) in [6, 6.07) is 3.14. The first-order chi connectivity index (χ1) is 9.36. The molecular weight excluding hydrogens is 252 g/mol. The van der Waals surface area contributed by atoms with E-state index in [0.717, 1.165) is 31.0 Å². The Morgan fingerprint density at radius 3 is 2.58 bits per heavy atom. The van der Waals surface area contributed by atoms with E-state index in [-0.39, 0.29) is 0 Å². The van der Waals surface area contributed by atoms with Crippen molar-refractivity contribution < 1.29 is 0 Å². The van der Waals surface area contributed by atoms with Gasteiger partial charge in [0.2, 0.25) is 0 Å². The molecule has 2 N–H and O–H groups in total. The summed E-state index contributed by atoms with van der Waals surface area (Å²) in [7, 11) is 0. The summed E-state index contributed by atoms with van der Waals surface area (Å²) in [4.78, 5) is 2.74. The zero-order valence-corrected chi connectivity index (χ0v) is 12.6. The first-order valence-electron chi connectivity index (χ1n) is 7.82. The van der Waals surface area contributed by atoms with Crippen LogP contribution in [0, 0.1) is 11.8 Å². The number of hydrogen-bond acceptors (Lipinski definition) is 3. The van der Waals surface area contributed by atoms with E-state index in [4.69, 9.17) is 5.73 Å². The highest BCUT2D eigenvalue weighted by atomic mass is 32.1. The lowest BCUT2D eigenvalue weighted by atomic mass is 9.79.